The molecule has 0 aliphatic heterocycles. The quantitative estimate of drug-likeness (QED) is 0.732. The predicted molar refractivity (Wildman–Crippen MR) is 97.1 cm³/mol. The maximum atomic E-state index is 9.23. The molecule has 1 aromatic heterocycles. The van der Waals surface area contributed by atoms with Crippen LogP contribution in [0.15, 0.2) is 60.8 Å². The number of rotatable bonds is 6. The van der Waals surface area contributed by atoms with Crippen LogP contribution in [0.25, 0.3) is 16.9 Å². The van der Waals surface area contributed by atoms with Crippen molar-refractivity contribution in [3.8, 4) is 16.9 Å². The van der Waals surface area contributed by atoms with Crippen LogP contribution in [-0.4, -0.2) is 27.5 Å². The Morgan fingerprint density at radius 3 is 2.46 bits per heavy atom. The minimum absolute atomic E-state index is 0.0518. The van der Waals surface area contributed by atoms with Gasteiger partial charge in [-0.1, -0.05) is 48.0 Å². The Hall–Kier alpha value is -2.43. The van der Waals surface area contributed by atoms with E-state index in [-0.39, 0.29) is 12.6 Å². The molecule has 3 rings (SSSR count). The van der Waals surface area contributed by atoms with Crippen LogP contribution in [-0.2, 0) is 6.54 Å². The van der Waals surface area contributed by atoms with E-state index in [1.54, 1.807) is 0 Å². The Bertz CT molecular complexity index is 778. The molecule has 0 amide bonds. The van der Waals surface area contributed by atoms with Crippen LogP contribution >= 0.6 is 0 Å². The lowest BCUT2D eigenvalue weighted by atomic mass is 10.1. The lowest BCUT2D eigenvalue weighted by Crippen LogP contribution is -2.28. The van der Waals surface area contributed by atoms with Crippen molar-refractivity contribution in [1.82, 2.24) is 15.1 Å². The fourth-order valence-electron chi connectivity index (χ4n) is 2.56. The van der Waals surface area contributed by atoms with Gasteiger partial charge < -0.3 is 10.4 Å². The summed E-state index contributed by atoms with van der Waals surface area (Å²) in [6.07, 6.45) is 2.06. The smallest absolute Gasteiger partial charge is 0.0972 e. The van der Waals surface area contributed by atoms with E-state index in [0.717, 1.165) is 22.5 Å². The van der Waals surface area contributed by atoms with Gasteiger partial charge in [0.2, 0.25) is 0 Å². The second kappa shape index (κ2) is 7.43. The summed E-state index contributed by atoms with van der Waals surface area (Å²) < 4.78 is 1.91. The van der Waals surface area contributed by atoms with E-state index < -0.39 is 0 Å². The van der Waals surface area contributed by atoms with Crippen molar-refractivity contribution in [1.29, 1.82) is 0 Å². The van der Waals surface area contributed by atoms with Gasteiger partial charge in [0.1, 0.15) is 0 Å². The van der Waals surface area contributed by atoms with Crippen LogP contribution < -0.4 is 5.32 Å². The van der Waals surface area contributed by atoms with Gasteiger partial charge in [0, 0.05) is 29.9 Å². The highest BCUT2D eigenvalue weighted by atomic mass is 16.3. The molecule has 0 saturated heterocycles. The molecule has 0 saturated carbocycles. The zero-order valence-corrected chi connectivity index (χ0v) is 14.1. The van der Waals surface area contributed by atoms with E-state index >= 15 is 0 Å². The van der Waals surface area contributed by atoms with Crippen LogP contribution in [0.5, 0.6) is 0 Å². The predicted octanol–water partition coefficient (Wildman–Crippen LogP) is 3.32. The Morgan fingerprint density at radius 1 is 1.08 bits per heavy atom. The number of benzene rings is 2. The second-order valence-electron chi connectivity index (χ2n) is 6.11. The standard InChI is InChI=1S/C20H23N3O/c1-15-8-10-17(11-9-15)20-18(12-21-16(2)14-24)13-23(22-20)19-6-4-3-5-7-19/h3-11,13,16,21,24H,12,14H2,1-2H3/t16-/m1/s1. The van der Waals surface area contributed by atoms with Crippen molar-refractivity contribution in [3.05, 3.63) is 71.9 Å². The summed E-state index contributed by atoms with van der Waals surface area (Å²) >= 11 is 0. The number of para-hydroxylation sites is 1. The molecule has 4 heteroatoms. The van der Waals surface area contributed by atoms with Crippen LogP contribution in [0.4, 0.5) is 0 Å². The van der Waals surface area contributed by atoms with Crippen LogP contribution in [0, 0.1) is 6.92 Å². The zero-order chi connectivity index (χ0) is 16.9. The van der Waals surface area contributed by atoms with Crippen molar-refractivity contribution in [2.45, 2.75) is 26.4 Å². The van der Waals surface area contributed by atoms with Crippen LogP contribution in [0.3, 0.4) is 0 Å². The van der Waals surface area contributed by atoms with E-state index in [0.29, 0.717) is 6.54 Å². The maximum Gasteiger partial charge on any atom is 0.0972 e. The molecule has 124 valence electrons. The highest BCUT2D eigenvalue weighted by molar-refractivity contribution is 5.63. The fraction of sp³-hybridized carbons (Fsp3) is 0.250. The normalized spacial score (nSPS) is 12.3. The molecule has 1 atom stereocenters. The Morgan fingerprint density at radius 2 is 1.79 bits per heavy atom. The van der Waals surface area contributed by atoms with E-state index in [1.807, 2.05) is 41.9 Å². The number of aryl methyl sites for hydroxylation is 1. The van der Waals surface area contributed by atoms with Crippen molar-refractivity contribution in [2.24, 2.45) is 0 Å². The number of hydrogen-bond donors (Lipinski definition) is 2. The number of hydrogen-bond acceptors (Lipinski definition) is 3. The Balaban J connectivity index is 1.98. The first kappa shape index (κ1) is 16.4. The molecule has 3 aromatic rings. The first-order valence-electron chi connectivity index (χ1n) is 8.22. The molecule has 0 bridgehead atoms. The highest BCUT2D eigenvalue weighted by Gasteiger charge is 2.13. The molecular weight excluding hydrogens is 298 g/mol. The monoisotopic (exact) mass is 321 g/mol. The topological polar surface area (TPSA) is 50.1 Å². The molecule has 0 unspecified atom stereocenters. The van der Waals surface area contributed by atoms with Crippen LogP contribution in [0.1, 0.15) is 18.1 Å². The molecule has 0 aliphatic carbocycles. The second-order valence-corrected chi connectivity index (χ2v) is 6.11. The average Bonchev–Trinajstić information content (AvgIpc) is 3.05. The van der Waals surface area contributed by atoms with E-state index in [4.69, 9.17) is 5.10 Å². The van der Waals surface area contributed by atoms with Gasteiger partial charge in [0.05, 0.1) is 18.0 Å². The summed E-state index contributed by atoms with van der Waals surface area (Å²) in [5, 5.41) is 17.4. The minimum atomic E-state index is 0.0518. The van der Waals surface area contributed by atoms with E-state index in [2.05, 4.69) is 42.7 Å². The first-order chi connectivity index (χ1) is 11.7. The molecular formula is C20H23N3O. The number of nitrogens with zero attached hydrogens (tertiary/aromatic N) is 2. The average molecular weight is 321 g/mol. The lowest BCUT2D eigenvalue weighted by molar-refractivity contribution is 0.251. The summed E-state index contributed by atoms with van der Waals surface area (Å²) in [4.78, 5) is 0. The SMILES string of the molecule is Cc1ccc(-c2nn(-c3ccccc3)cc2CN[C@H](C)CO)cc1. The third-order valence-corrected chi connectivity index (χ3v) is 4.05. The maximum absolute atomic E-state index is 9.23. The number of aliphatic hydroxyl groups is 1. The summed E-state index contributed by atoms with van der Waals surface area (Å²) in [7, 11) is 0. The molecule has 1 heterocycles. The third-order valence-electron chi connectivity index (χ3n) is 4.05. The summed E-state index contributed by atoms with van der Waals surface area (Å²) in [6, 6.07) is 18.6. The highest BCUT2D eigenvalue weighted by Crippen LogP contribution is 2.24. The molecule has 2 N–H and O–H groups in total. The Kier molecular flexibility index (Phi) is 5.08. The minimum Gasteiger partial charge on any atom is -0.395 e. The molecule has 0 fully saturated rings. The van der Waals surface area contributed by atoms with Crippen molar-refractivity contribution in [2.75, 3.05) is 6.61 Å². The van der Waals surface area contributed by atoms with Gasteiger partial charge in [-0.2, -0.15) is 5.10 Å². The lowest BCUT2D eigenvalue weighted by Gasteiger charge is -2.10. The summed E-state index contributed by atoms with van der Waals surface area (Å²) in [6.45, 7) is 4.83. The van der Waals surface area contributed by atoms with Gasteiger partial charge in [-0.05, 0) is 26.0 Å². The fourth-order valence-corrected chi connectivity index (χ4v) is 2.56. The molecule has 2 aromatic carbocycles. The van der Waals surface area contributed by atoms with Crippen molar-refractivity contribution in [3.63, 3.8) is 0 Å². The van der Waals surface area contributed by atoms with Gasteiger partial charge in [-0.3, -0.25) is 0 Å². The summed E-state index contributed by atoms with van der Waals surface area (Å²) in [5.74, 6) is 0. The van der Waals surface area contributed by atoms with Crippen molar-refractivity contribution < 1.29 is 5.11 Å². The van der Waals surface area contributed by atoms with Gasteiger partial charge in [0.15, 0.2) is 0 Å². The molecule has 0 radical (unpaired) electrons. The number of aromatic nitrogens is 2. The molecule has 0 aliphatic rings. The van der Waals surface area contributed by atoms with E-state index in [1.165, 1.54) is 5.56 Å². The number of aliphatic hydroxyl groups excluding tert-OH is 1. The van der Waals surface area contributed by atoms with Gasteiger partial charge >= 0.3 is 0 Å². The molecule has 0 spiro atoms. The van der Waals surface area contributed by atoms with Crippen LogP contribution in [0.2, 0.25) is 0 Å². The summed E-state index contributed by atoms with van der Waals surface area (Å²) in [5.41, 5.74) is 5.45. The zero-order valence-electron chi connectivity index (χ0n) is 14.1. The largest absolute Gasteiger partial charge is 0.395 e. The molecule has 4 nitrogen and oxygen atoms in total. The number of nitrogens with one attached hydrogen (secondary N) is 1. The van der Waals surface area contributed by atoms with E-state index in [9.17, 15) is 5.11 Å². The first-order valence-corrected chi connectivity index (χ1v) is 8.22. The van der Waals surface area contributed by atoms with Gasteiger partial charge in [-0.25, -0.2) is 4.68 Å². The van der Waals surface area contributed by atoms with Gasteiger partial charge in [-0.15, -0.1) is 0 Å². The third kappa shape index (κ3) is 3.72. The Labute approximate surface area is 142 Å². The molecule has 24 heavy (non-hydrogen) atoms. The van der Waals surface area contributed by atoms with Gasteiger partial charge in [0.25, 0.3) is 0 Å². The van der Waals surface area contributed by atoms with Crippen molar-refractivity contribution >= 4 is 0 Å².